The average molecular weight is 151 g/mol. The van der Waals surface area contributed by atoms with Gasteiger partial charge < -0.3 is 5.73 Å². The van der Waals surface area contributed by atoms with E-state index >= 15 is 0 Å². The highest BCUT2D eigenvalue weighted by atomic mass is 16.1. The van der Waals surface area contributed by atoms with Crippen molar-refractivity contribution >= 4 is 5.82 Å². The van der Waals surface area contributed by atoms with Gasteiger partial charge in [-0.15, -0.1) is 0 Å². The summed E-state index contributed by atoms with van der Waals surface area (Å²) in [7, 11) is 0. The molecule has 0 aromatic carbocycles. The van der Waals surface area contributed by atoms with Gasteiger partial charge in [0.1, 0.15) is 5.82 Å². The smallest absolute Gasteiger partial charge is 0.264 e. The summed E-state index contributed by atoms with van der Waals surface area (Å²) in [6.45, 7) is 0. The van der Waals surface area contributed by atoms with Crippen LogP contribution in [0.2, 0.25) is 0 Å². The lowest BCUT2D eigenvalue weighted by Gasteiger charge is -1.98. The maximum Gasteiger partial charge on any atom is 0.264 e. The van der Waals surface area contributed by atoms with Crippen LogP contribution in [0.3, 0.4) is 0 Å². The molecule has 2 rings (SSSR count). The third-order valence-electron chi connectivity index (χ3n) is 1.89. The fourth-order valence-corrected chi connectivity index (χ4v) is 1.15. The van der Waals surface area contributed by atoms with E-state index in [2.05, 4.69) is 10.2 Å². The predicted molar refractivity (Wildman–Crippen MR) is 41.2 cm³/mol. The highest BCUT2D eigenvalue weighted by Crippen LogP contribution is 2.41. The molecule has 0 spiro atoms. The van der Waals surface area contributed by atoms with Gasteiger partial charge in [0.15, 0.2) is 0 Å². The van der Waals surface area contributed by atoms with E-state index in [0.29, 0.717) is 11.7 Å². The van der Waals surface area contributed by atoms with Crippen molar-refractivity contribution in [1.82, 2.24) is 10.2 Å². The first-order valence-corrected chi connectivity index (χ1v) is 3.62. The van der Waals surface area contributed by atoms with Crippen molar-refractivity contribution in [3.63, 3.8) is 0 Å². The normalized spacial score (nSPS) is 16.7. The van der Waals surface area contributed by atoms with Crippen molar-refractivity contribution in [2.24, 2.45) is 0 Å². The number of anilines is 1. The zero-order valence-electron chi connectivity index (χ0n) is 6.00. The van der Waals surface area contributed by atoms with Crippen LogP contribution >= 0.6 is 0 Å². The number of nitrogens with two attached hydrogens (primary N) is 1. The Balaban J connectivity index is 2.50. The average Bonchev–Trinajstić information content (AvgIpc) is 2.76. The van der Waals surface area contributed by atoms with E-state index in [1.54, 1.807) is 6.07 Å². The molecule has 1 aliphatic rings. The largest absolute Gasteiger partial charge is 0.382 e. The Morgan fingerprint density at radius 1 is 1.64 bits per heavy atom. The van der Waals surface area contributed by atoms with Gasteiger partial charge in [-0.1, -0.05) is 0 Å². The lowest BCUT2D eigenvalue weighted by molar-refractivity contribution is 0.957. The Labute approximate surface area is 63.4 Å². The standard InChI is InChI=1S/C7H9N3O/c8-7-5(4-1-2-4)3-6(11)9-10-7/h3-4H,1-2H2,(H2,8,10)(H,9,11). The van der Waals surface area contributed by atoms with Gasteiger partial charge in [-0.25, -0.2) is 5.10 Å². The van der Waals surface area contributed by atoms with Gasteiger partial charge in [0.25, 0.3) is 5.56 Å². The maximum atomic E-state index is 10.8. The molecule has 11 heavy (non-hydrogen) atoms. The fraction of sp³-hybridized carbons (Fsp3) is 0.429. The number of nitrogen functional groups attached to an aromatic ring is 1. The van der Waals surface area contributed by atoms with Gasteiger partial charge in [-0.2, -0.15) is 5.10 Å². The predicted octanol–water partition coefficient (Wildman–Crippen LogP) is 0.229. The Hall–Kier alpha value is -1.32. The number of hydrogen-bond acceptors (Lipinski definition) is 3. The number of aromatic nitrogens is 2. The van der Waals surface area contributed by atoms with Crippen molar-refractivity contribution in [1.29, 1.82) is 0 Å². The number of H-pyrrole nitrogens is 1. The molecule has 0 aliphatic heterocycles. The van der Waals surface area contributed by atoms with Crippen molar-refractivity contribution in [2.45, 2.75) is 18.8 Å². The maximum absolute atomic E-state index is 10.8. The summed E-state index contributed by atoms with van der Waals surface area (Å²) in [5.74, 6) is 0.955. The van der Waals surface area contributed by atoms with Crippen molar-refractivity contribution < 1.29 is 0 Å². The SMILES string of the molecule is Nc1n[nH]c(=O)cc1C1CC1. The second kappa shape index (κ2) is 2.08. The molecule has 1 aliphatic carbocycles. The minimum absolute atomic E-state index is 0.166. The zero-order valence-corrected chi connectivity index (χ0v) is 6.00. The van der Waals surface area contributed by atoms with E-state index in [9.17, 15) is 4.79 Å². The Bertz CT molecular complexity index is 327. The minimum atomic E-state index is -0.166. The minimum Gasteiger partial charge on any atom is -0.382 e. The first-order chi connectivity index (χ1) is 5.27. The van der Waals surface area contributed by atoms with Crippen LogP contribution < -0.4 is 11.3 Å². The summed E-state index contributed by atoms with van der Waals surface area (Å²) < 4.78 is 0. The van der Waals surface area contributed by atoms with Crippen molar-refractivity contribution in [3.05, 3.63) is 22.0 Å². The molecule has 1 heterocycles. The molecule has 0 unspecified atom stereocenters. The van der Waals surface area contributed by atoms with E-state index in [1.807, 2.05) is 0 Å². The molecule has 1 aromatic rings. The zero-order chi connectivity index (χ0) is 7.84. The summed E-state index contributed by atoms with van der Waals surface area (Å²) >= 11 is 0. The molecule has 1 fully saturated rings. The molecule has 0 amide bonds. The number of nitrogens with zero attached hydrogens (tertiary/aromatic N) is 1. The van der Waals surface area contributed by atoms with E-state index in [1.165, 1.54) is 0 Å². The number of hydrogen-bond donors (Lipinski definition) is 2. The highest BCUT2D eigenvalue weighted by molar-refractivity contribution is 5.41. The monoisotopic (exact) mass is 151 g/mol. The van der Waals surface area contributed by atoms with E-state index in [-0.39, 0.29) is 5.56 Å². The number of nitrogens with one attached hydrogen (secondary N) is 1. The molecule has 1 aromatic heterocycles. The van der Waals surface area contributed by atoms with Crippen LogP contribution in [0.25, 0.3) is 0 Å². The molecule has 4 heteroatoms. The lowest BCUT2D eigenvalue weighted by atomic mass is 10.2. The summed E-state index contributed by atoms with van der Waals surface area (Å²) in [6.07, 6.45) is 2.27. The van der Waals surface area contributed by atoms with Crippen LogP contribution in [0.5, 0.6) is 0 Å². The highest BCUT2D eigenvalue weighted by Gasteiger charge is 2.26. The third-order valence-corrected chi connectivity index (χ3v) is 1.89. The van der Waals surface area contributed by atoms with Crippen LogP contribution in [0.1, 0.15) is 24.3 Å². The molecule has 58 valence electrons. The second-order valence-electron chi connectivity index (χ2n) is 2.85. The van der Waals surface area contributed by atoms with Crippen LogP contribution in [0, 0.1) is 0 Å². The summed E-state index contributed by atoms with van der Waals surface area (Å²) in [4.78, 5) is 10.8. The Morgan fingerprint density at radius 3 is 3.00 bits per heavy atom. The van der Waals surface area contributed by atoms with Gasteiger partial charge in [0, 0.05) is 11.6 Å². The quantitative estimate of drug-likeness (QED) is 0.603. The van der Waals surface area contributed by atoms with Crippen molar-refractivity contribution in [2.75, 3.05) is 5.73 Å². The number of rotatable bonds is 1. The van der Waals surface area contributed by atoms with Crippen LogP contribution in [0.4, 0.5) is 5.82 Å². The molecular formula is C7H9N3O. The Kier molecular flexibility index (Phi) is 1.21. The van der Waals surface area contributed by atoms with Crippen LogP contribution in [-0.2, 0) is 0 Å². The fourth-order valence-electron chi connectivity index (χ4n) is 1.15. The number of aromatic amines is 1. The van der Waals surface area contributed by atoms with Gasteiger partial charge in [-0.3, -0.25) is 4.79 Å². The van der Waals surface area contributed by atoms with Gasteiger partial charge >= 0.3 is 0 Å². The summed E-state index contributed by atoms with van der Waals surface area (Å²) in [5, 5.41) is 5.97. The molecular weight excluding hydrogens is 142 g/mol. The van der Waals surface area contributed by atoms with Gasteiger partial charge in [0.2, 0.25) is 0 Å². The van der Waals surface area contributed by atoms with E-state index in [4.69, 9.17) is 5.73 Å². The molecule has 1 saturated carbocycles. The molecule has 3 N–H and O–H groups in total. The van der Waals surface area contributed by atoms with Gasteiger partial charge in [0.05, 0.1) is 0 Å². The lowest BCUT2D eigenvalue weighted by Crippen LogP contribution is -2.11. The molecule has 4 nitrogen and oxygen atoms in total. The van der Waals surface area contributed by atoms with Crippen molar-refractivity contribution in [3.8, 4) is 0 Å². The van der Waals surface area contributed by atoms with Gasteiger partial charge in [-0.05, 0) is 18.8 Å². The van der Waals surface area contributed by atoms with E-state index < -0.39 is 0 Å². The molecule has 0 bridgehead atoms. The molecule has 0 atom stereocenters. The topological polar surface area (TPSA) is 71.8 Å². The second-order valence-corrected chi connectivity index (χ2v) is 2.85. The molecule has 0 saturated heterocycles. The Morgan fingerprint density at radius 2 is 2.36 bits per heavy atom. The third kappa shape index (κ3) is 1.11. The van der Waals surface area contributed by atoms with Crippen LogP contribution in [-0.4, -0.2) is 10.2 Å². The van der Waals surface area contributed by atoms with Crippen LogP contribution in [0.15, 0.2) is 10.9 Å². The van der Waals surface area contributed by atoms with E-state index in [0.717, 1.165) is 18.4 Å². The first kappa shape index (κ1) is 6.39. The summed E-state index contributed by atoms with van der Waals surface area (Å²) in [6, 6.07) is 1.54. The molecule has 0 radical (unpaired) electrons. The first-order valence-electron chi connectivity index (χ1n) is 3.62. The summed E-state index contributed by atoms with van der Waals surface area (Å²) in [5.41, 5.74) is 6.29.